The second-order valence-corrected chi connectivity index (χ2v) is 13.9. The average molecular weight is 411 g/mol. The second-order valence-electron chi connectivity index (χ2n) is 8.15. The number of halogens is 3. The Kier molecular flexibility index (Phi) is 18.7. The Morgan fingerprint density at radius 3 is 1.85 bits per heavy atom. The van der Waals surface area contributed by atoms with Gasteiger partial charge in [0.15, 0.2) is 0 Å². The van der Waals surface area contributed by atoms with E-state index < -0.39 is 21.3 Å². The van der Waals surface area contributed by atoms with Gasteiger partial charge in [-0.25, -0.2) is 4.39 Å². The number of hydrogen-bond donors (Lipinski definition) is 0. The fourth-order valence-corrected chi connectivity index (χ4v) is 8.84. The largest absolute Gasteiger partial charge is 0.314 e. The van der Waals surface area contributed by atoms with Crippen LogP contribution in [-0.4, -0.2) is 30.8 Å². The first-order valence-corrected chi connectivity index (χ1v) is 16.0. The lowest BCUT2D eigenvalue weighted by Gasteiger charge is -2.22. The first-order valence-electron chi connectivity index (χ1n) is 11.5. The molecule has 5 heteroatoms. The van der Waals surface area contributed by atoms with Gasteiger partial charge in [0, 0.05) is 9.52 Å². The minimum Gasteiger partial charge on any atom is -0.314 e. The minimum atomic E-state index is -2.50. The monoisotopic (exact) mass is 410 g/mol. The van der Waals surface area contributed by atoms with Gasteiger partial charge < -0.3 is 4.11 Å². The van der Waals surface area contributed by atoms with Gasteiger partial charge in [0.2, 0.25) is 8.41 Å². The zero-order valence-electron chi connectivity index (χ0n) is 17.6. The van der Waals surface area contributed by atoms with E-state index in [2.05, 4.69) is 13.8 Å². The summed E-state index contributed by atoms with van der Waals surface area (Å²) < 4.78 is 40.8. The summed E-state index contributed by atoms with van der Waals surface area (Å²) in [6.45, 7) is 3.99. The topological polar surface area (TPSA) is 0 Å². The van der Waals surface area contributed by atoms with Crippen molar-refractivity contribution in [3.8, 4) is 0 Å². The molecule has 0 nitrogen and oxygen atoms in total. The van der Waals surface area contributed by atoms with Crippen LogP contribution in [0, 0.1) is 0 Å². The molecule has 0 aliphatic heterocycles. The summed E-state index contributed by atoms with van der Waals surface area (Å²) in [5.41, 5.74) is 0. The van der Waals surface area contributed by atoms with Crippen LogP contribution in [0.3, 0.4) is 0 Å². The van der Waals surface area contributed by atoms with Crippen LogP contribution >= 0.6 is 0 Å². The Morgan fingerprint density at radius 1 is 0.769 bits per heavy atom. The molecule has 1 unspecified atom stereocenters. The molecule has 0 saturated heterocycles. The summed E-state index contributed by atoms with van der Waals surface area (Å²) >= 11 is 0. The summed E-state index contributed by atoms with van der Waals surface area (Å²) in [4.78, 5) is 0. The molecule has 0 radical (unpaired) electrons. The van der Waals surface area contributed by atoms with Crippen LogP contribution in [-0.2, 0) is 0 Å². The molecule has 0 amide bonds. The molecule has 0 N–H and O–H groups in total. The standard InChI is InChI=1S/C21H45F3Si2/c1-3-5-10-17-26(24,18-11-6-4-2)19-12-8-7-9-16-25-20-21(23)14-13-15-22/h21H,3-20,25H2,1-2H3. The molecule has 0 aromatic heterocycles. The van der Waals surface area contributed by atoms with Gasteiger partial charge in [0.05, 0.1) is 12.8 Å². The van der Waals surface area contributed by atoms with Crippen molar-refractivity contribution >= 4 is 17.9 Å². The van der Waals surface area contributed by atoms with Crippen molar-refractivity contribution in [1.82, 2.24) is 0 Å². The summed E-state index contributed by atoms with van der Waals surface area (Å²) in [6.07, 6.45) is 11.5. The maximum Gasteiger partial charge on any atom is 0.247 e. The Hall–Kier alpha value is 0.224. The van der Waals surface area contributed by atoms with Crippen LogP contribution < -0.4 is 0 Å². The van der Waals surface area contributed by atoms with Crippen LogP contribution in [0.5, 0.6) is 0 Å². The summed E-state index contributed by atoms with van der Waals surface area (Å²) in [7, 11) is -2.82. The van der Waals surface area contributed by atoms with Gasteiger partial charge in [-0.3, -0.25) is 4.39 Å². The number of rotatable bonds is 20. The molecule has 0 fully saturated rings. The molecule has 0 aliphatic rings. The van der Waals surface area contributed by atoms with Gasteiger partial charge in [0.25, 0.3) is 0 Å². The molecule has 0 aromatic rings. The molecule has 0 aromatic carbocycles. The summed E-state index contributed by atoms with van der Waals surface area (Å²) in [5, 5.41) is 0. The lowest BCUT2D eigenvalue weighted by atomic mass is 10.2. The third kappa shape index (κ3) is 16.4. The number of unbranched alkanes of at least 4 members (excludes halogenated alkanes) is 7. The van der Waals surface area contributed by atoms with Crippen molar-refractivity contribution in [2.75, 3.05) is 6.67 Å². The van der Waals surface area contributed by atoms with Crippen molar-refractivity contribution in [2.24, 2.45) is 0 Å². The van der Waals surface area contributed by atoms with Crippen molar-refractivity contribution in [2.45, 2.75) is 127 Å². The van der Waals surface area contributed by atoms with E-state index >= 15 is 4.11 Å². The van der Waals surface area contributed by atoms with Gasteiger partial charge in [0.1, 0.15) is 0 Å². The van der Waals surface area contributed by atoms with Gasteiger partial charge in [-0.05, 0) is 37.0 Å². The van der Waals surface area contributed by atoms with Crippen molar-refractivity contribution < 1.29 is 12.9 Å². The predicted molar refractivity (Wildman–Crippen MR) is 117 cm³/mol. The van der Waals surface area contributed by atoms with Crippen molar-refractivity contribution in [3.63, 3.8) is 0 Å². The predicted octanol–water partition coefficient (Wildman–Crippen LogP) is 7.94. The van der Waals surface area contributed by atoms with E-state index in [4.69, 9.17) is 0 Å². The summed E-state index contributed by atoms with van der Waals surface area (Å²) in [5.74, 6) is 0. The van der Waals surface area contributed by atoms with Crippen molar-refractivity contribution in [1.29, 1.82) is 0 Å². The lowest BCUT2D eigenvalue weighted by Crippen LogP contribution is -2.28. The molecule has 26 heavy (non-hydrogen) atoms. The maximum absolute atomic E-state index is 15.3. The fourth-order valence-electron chi connectivity index (χ4n) is 3.72. The molecule has 1 atom stereocenters. The Labute approximate surface area is 165 Å². The lowest BCUT2D eigenvalue weighted by molar-refractivity contribution is 0.316. The normalized spacial score (nSPS) is 13.7. The van der Waals surface area contributed by atoms with Crippen LogP contribution in [0.15, 0.2) is 0 Å². The first kappa shape index (κ1) is 26.2. The van der Waals surface area contributed by atoms with Crippen LogP contribution in [0.4, 0.5) is 12.9 Å². The highest BCUT2D eigenvalue weighted by molar-refractivity contribution is 6.73. The zero-order chi connectivity index (χ0) is 19.5. The van der Waals surface area contributed by atoms with E-state index in [1.807, 2.05) is 0 Å². The third-order valence-electron chi connectivity index (χ3n) is 5.50. The van der Waals surface area contributed by atoms with Gasteiger partial charge in [-0.1, -0.05) is 84.1 Å². The maximum atomic E-state index is 15.3. The fraction of sp³-hybridized carbons (Fsp3) is 1.00. The van der Waals surface area contributed by atoms with E-state index in [0.717, 1.165) is 49.9 Å². The molecule has 0 aliphatic carbocycles. The van der Waals surface area contributed by atoms with Crippen molar-refractivity contribution in [3.05, 3.63) is 0 Å². The minimum absolute atomic E-state index is 0.317. The molecular weight excluding hydrogens is 365 g/mol. The summed E-state index contributed by atoms with van der Waals surface area (Å²) in [6, 6.07) is 4.55. The molecule has 158 valence electrons. The van der Waals surface area contributed by atoms with E-state index in [1.165, 1.54) is 44.6 Å². The number of alkyl halides is 2. The van der Waals surface area contributed by atoms with Gasteiger partial charge in [-0.2, -0.15) is 0 Å². The highest BCUT2D eigenvalue weighted by Crippen LogP contribution is 2.30. The van der Waals surface area contributed by atoms with E-state index in [0.29, 0.717) is 12.8 Å². The Balaban J connectivity index is 3.76. The molecule has 0 saturated carbocycles. The molecular formula is C21H45F3Si2. The van der Waals surface area contributed by atoms with Gasteiger partial charge >= 0.3 is 0 Å². The van der Waals surface area contributed by atoms with Crippen LogP contribution in [0.25, 0.3) is 0 Å². The molecule has 0 bridgehead atoms. The highest BCUT2D eigenvalue weighted by Gasteiger charge is 2.31. The Morgan fingerprint density at radius 2 is 1.31 bits per heavy atom. The SMILES string of the molecule is CCCCC[Si](F)(CCCCC)CCCCCC[SiH2]CC(F)CCCF. The quantitative estimate of drug-likeness (QED) is 0.109. The highest BCUT2D eigenvalue weighted by atomic mass is 28.4. The molecule has 0 heterocycles. The zero-order valence-corrected chi connectivity index (χ0v) is 20.1. The average Bonchev–Trinajstić information content (AvgIpc) is 2.62. The third-order valence-corrected chi connectivity index (χ3v) is 11.3. The molecule has 0 rings (SSSR count). The van der Waals surface area contributed by atoms with E-state index in [1.54, 1.807) is 0 Å². The first-order chi connectivity index (χ1) is 12.6. The smallest absolute Gasteiger partial charge is 0.247 e. The van der Waals surface area contributed by atoms with E-state index in [-0.39, 0.29) is 9.52 Å². The van der Waals surface area contributed by atoms with Gasteiger partial charge in [-0.15, -0.1) is 0 Å². The van der Waals surface area contributed by atoms with E-state index in [9.17, 15) is 8.78 Å². The second kappa shape index (κ2) is 18.6. The van der Waals surface area contributed by atoms with Crippen LogP contribution in [0.2, 0.25) is 30.2 Å². The number of hydrogen-bond acceptors (Lipinski definition) is 0. The van der Waals surface area contributed by atoms with Crippen LogP contribution in [0.1, 0.15) is 90.9 Å². The molecule has 0 spiro atoms. The Bertz CT molecular complexity index is 280.